The van der Waals surface area contributed by atoms with Gasteiger partial charge in [0.2, 0.25) is 17.7 Å². The van der Waals surface area contributed by atoms with Crippen LogP contribution < -0.4 is 21.7 Å². The maximum absolute atomic E-state index is 13.1. The van der Waals surface area contributed by atoms with Crippen molar-refractivity contribution in [3.05, 3.63) is 36.0 Å². The number of aromatic amines is 1. The van der Waals surface area contributed by atoms with E-state index in [0.29, 0.717) is 16.5 Å². The fourth-order valence-corrected chi connectivity index (χ4v) is 3.58. The Hall–Kier alpha value is -4.50. The van der Waals surface area contributed by atoms with Crippen LogP contribution in [-0.4, -0.2) is 91.3 Å². The van der Waals surface area contributed by atoms with Crippen LogP contribution in [0.1, 0.15) is 25.3 Å². The molecule has 0 spiro atoms. The molecule has 2 aromatic rings. The lowest BCUT2D eigenvalue weighted by atomic mass is 10.0. The lowest BCUT2D eigenvalue weighted by molar-refractivity contribution is -0.147. The number of hydrogen-bond acceptors (Lipinski definition) is 8. The van der Waals surface area contributed by atoms with E-state index in [4.69, 9.17) is 15.9 Å². The number of aliphatic hydroxyl groups is 1. The lowest BCUT2D eigenvalue weighted by Gasteiger charge is -2.26. The largest absolute Gasteiger partial charge is 0.481 e. The van der Waals surface area contributed by atoms with Crippen LogP contribution in [0.4, 0.5) is 0 Å². The number of amides is 3. The highest BCUT2D eigenvalue weighted by Crippen LogP contribution is 2.19. The number of H-pyrrole nitrogens is 1. The topological polar surface area (TPSA) is 261 Å². The monoisotopic (exact) mass is 535 g/mol. The van der Waals surface area contributed by atoms with Crippen molar-refractivity contribution in [2.75, 3.05) is 0 Å². The van der Waals surface area contributed by atoms with Gasteiger partial charge in [0.15, 0.2) is 0 Å². The van der Waals surface area contributed by atoms with Crippen molar-refractivity contribution in [2.24, 2.45) is 5.73 Å². The number of carboxylic acids is 3. The van der Waals surface area contributed by atoms with Gasteiger partial charge in [-0.3, -0.25) is 24.0 Å². The summed E-state index contributed by atoms with van der Waals surface area (Å²) in [5.74, 6) is -7.59. The molecular weight excluding hydrogens is 506 g/mol. The highest BCUT2D eigenvalue weighted by atomic mass is 16.4. The van der Waals surface area contributed by atoms with Crippen molar-refractivity contribution in [3.8, 4) is 0 Å². The van der Waals surface area contributed by atoms with E-state index in [1.807, 2.05) is 0 Å². The molecule has 1 aromatic carbocycles. The minimum absolute atomic E-state index is 0.181. The maximum Gasteiger partial charge on any atom is 0.326 e. The molecular formula is C23H29N5O10. The minimum atomic E-state index is -1.80. The molecule has 10 N–H and O–H groups in total. The van der Waals surface area contributed by atoms with E-state index in [1.165, 1.54) is 0 Å². The standard InChI is InChI=1S/C23H29N5O10/c1-10(29)19(28-20(34)13(24)7-17(30)31)22(36)26-15(21(35)27-16(23(37)38)8-18(32)33)6-11-9-25-14-5-3-2-4-12(11)14/h2-5,9-10,13,15-16,19,25,29H,6-8,24H2,1H3,(H,26,36)(H,27,35)(H,28,34)(H,30,31)(H,32,33)(H,37,38). The van der Waals surface area contributed by atoms with E-state index in [1.54, 1.807) is 30.5 Å². The molecule has 0 fully saturated rings. The number of aliphatic hydroxyl groups excluding tert-OH is 1. The second-order valence-electron chi connectivity index (χ2n) is 8.55. The predicted octanol–water partition coefficient (Wildman–Crippen LogP) is -2.09. The fourth-order valence-electron chi connectivity index (χ4n) is 3.58. The molecule has 5 unspecified atom stereocenters. The number of fused-ring (bicyclic) bond motifs is 1. The molecule has 0 aliphatic rings. The normalized spacial score (nSPS) is 14.9. The smallest absolute Gasteiger partial charge is 0.326 e. The molecule has 0 aliphatic carbocycles. The van der Waals surface area contributed by atoms with Crippen LogP contribution in [0.3, 0.4) is 0 Å². The second-order valence-corrected chi connectivity index (χ2v) is 8.55. The average Bonchev–Trinajstić information content (AvgIpc) is 3.23. The fraction of sp³-hybridized carbons (Fsp3) is 0.391. The molecule has 0 saturated heterocycles. The first kappa shape index (κ1) is 29.7. The Labute approximate surface area is 215 Å². The third-order valence-corrected chi connectivity index (χ3v) is 5.52. The van der Waals surface area contributed by atoms with Gasteiger partial charge in [0.25, 0.3) is 0 Å². The first-order valence-corrected chi connectivity index (χ1v) is 11.4. The van der Waals surface area contributed by atoms with E-state index in [0.717, 1.165) is 6.92 Å². The van der Waals surface area contributed by atoms with Gasteiger partial charge in [0.05, 0.1) is 25.0 Å². The summed E-state index contributed by atoms with van der Waals surface area (Å²) in [4.78, 5) is 74.6. The summed E-state index contributed by atoms with van der Waals surface area (Å²) in [5.41, 5.74) is 6.77. The first-order valence-electron chi connectivity index (χ1n) is 11.4. The Morgan fingerprint density at radius 2 is 1.47 bits per heavy atom. The molecule has 2 rings (SSSR count). The number of nitrogens with two attached hydrogens (primary N) is 1. The van der Waals surface area contributed by atoms with Gasteiger partial charge >= 0.3 is 17.9 Å². The Morgan fingerprint density at radius 3 is 2.05 bits per heavy atom. The number of rotatable bonds is 14. The van der Waals surface area contributed by atoms with Gasteiger partial charge < -0.3 is 47.1 Å². The highest BCUT2D eigenvalue weighted by Gasteiger charge is 2.33. The number of carbonyl (C=O) groups excluding carboxylic acids is 3. The van der Waals surface area contributed by atoms with E-state index in [2.05, 4.69) is 20.9 Å². The summed E-state index contributed by atoms with van der Waals surface area (Å²) >= 11 is 0. The third-order valence-electron chi connectivity index (χ3n) is 5.52. The quantitative estimate of drug-likeness (QED) is 0.127. The van der Waals surface area contributed by atoms with Gasteiger partial charge in [0.1, 0.15) is 18.1 Å². The third kappa shape index (κ3) is 8.28. The van der Waals surface area contributed by atoms with Gasteiger partial charge in [-0.15, -0.1) is 0 Å². The SMILES string of the molecule is CC(O)C(NC(=O)C(N)CC(=O)O)C(=O)NC(Cc1c[nH]c2ccccc12)C(=O)NC(CC(=O)O)C(=O)O. The number of aromatic nitrogens is 1. The van der Waals surface area contributed by atoms with Crippen molar-refractivity contribution < 1.29 is 49.2 Å². The summed E-state index contributed by atoms with van der Waals surface area (Å²) in [5, 5.41) is 44.4. The summed E-state index contributed by atoms with van der Waals surface area (Å²) in [6, 6.07) is 0.550. The summed E-state index contributed by atoms with van der Waals surface area (Å²) < 4.78 is 0. The van der Waals surface area contributed by atoms with Crippen molar-refractivity contribution >= 4 is 46.5 Å². The van der Waals surface area contributed by atoms with E-state index >= 15 is 0 Å². The number of nitrogens with one attached hydrogen (secondary N) is 4. The van der Waals surface area contributed by atoms with Crippen LogP contribution in [0.5, 0.6) is 0 Å². The Balaban J connectivity index is 2.31. The number of aliphatic carboxylic acids is 3. The van der Waals surface area contributed by atoms with Crippen molar-refractivity contribution in [1.29, 1.82) is 0 Å². The predicted molar refractivity (Wildman–Crippen MR) is 130 cm³/mol. The zero-order valence-corrected chi connectivity index (χ0v) is 20.2. The molecule has 0 radical (unpaired) electrons. The number of carbonyl (C=O) groups is 6. The Bertz CT molecular complexity index is 1210. The minimum Gasteiger partial charge on any atom is -0.481 e. The molecule has 206 valence electrons. The highest BCUT2D eigenvalue weighted by molar-refractivity contribution is 5.96. The van der Waals surface area contributed by atoms with Gasteiger partial charge in [-0.1, -0.05) is 18.2 Å². The molecule has 15 heteroatoms. The second kappa shape index (κ2) is 13.2. The Kier molecular flexibility index (Phi) is 10.3. The molecule has 5 atom stereocenters. The van der Waals surface area contributed by atoms with Crippen molar-refractivity contribution in [1.82, 2.24) is 20.9 Å². The number of carboxylic acid groups (broad SMARTS) is 3. The van der Waals surface area contributed by atoms with Crippen LogP contribution in [0, 0.1) is 0 Å². The molecule has 0 aliphatic heterocycles. The van der Waals surface area contributed by atoms with E-state index < -0.39 is 78.7 Å². The summed E-state index contributed by atoms with van der Waals surface area (Å²) in [6.45, 7) is 1.16. The molecule has 0 saturated carbocycles. The zero-order chi connectivity index (χ0) is 28.6. The van der Waals surface area contributed by atoms with E-state index in [-0.39, 0.29) is 6.42 Å². The van der Waals surface area contributed by atoms with Crippen LogP contribution in [0.25, 0.3) is 10.9 Å². The molecule has 3 amide bonds. The molecule has 0 bridgehead atoms. The van der Waals surface area contributed by atoms with Crippen LogP contribution in [0.15, 0.2) is 30.5 Å². The van der Waals surface area contributed by atoms with Crippen molar-refractivity contribution in [2.45, 2.75) is 56.5 Å². The van der Waals surface area contributed by atoms with Gasteiger partial charge in [-0.25, -0.2) is 4.79 Å². The number of benzene rings is 1. The van der Waals surface area contributed by atoms with Crippen LogP contribution in [0.2, 0.25) is 0 Å². The van der Waals surface area contributed by atoms with Gasteiger partial charge in [-0.05, 0) is 18.6 Å². The van der Waals surface area contributed by atoms with Crippen LogP contribution >= 0.6 is 0 Å². The maximum atomic E-state index is 13.1. The number of para-hydroxylation sites is 1. The van der Waals surface area contributed by atoms with Gasteiger partial charge in [-0.2, -0.15) is 0 Å². The lowest BCUT2D eigenvalue weighted by Crippen LogP contribution is -2.60. The van der Waals surface area contributed by atoms with Crippen LogP contribution in [-0.2, 0) is 35.2 Å². The molecule has 1 aromatic heterocycles. The Morgan fingerprint density at radius 1 is 0.868 bits per heavy atom. The average molecular weight is 536 g/mol. The summed E-state index contributed by atoms with van der Waals surface area (Å²) in [6.07, 6.45) is -1.79. The first-order chi connectivity index (χ1) is 17.8. The van der Waals surface area contributed by atoms with Crippen molar-refractivity contribution in [3.63, 3.8) is 0 Å². The molecule has 1 heterocycles. The zero-order valence-electron chi connectivity index (χ0n) is 20.2. The summed E-state index contributed by atoms with van der Waals surface area (Å²) in [7, 11) is 0. The van der Waals surface area contributed by atoms with E-state index in [9.17, 15) is 39.0 Å². The van der Waals surface area contributed by atoms with Gasteiger partial charge in [0, 0.05) is 23.5 Å². The number of hydrogen-bond donors (Lipinski definition) is 9. The molecule has 15 nitrogen and oxygen atoms in total. The molecule has 38 heavy (non-hydrogen) atoms.